The number of hydrogen-bond acceptors (Lipinski definition) is 4. The maximum Gasteiger partial charge on any atom is 0.417 e. The van der Waals surface area contributed by atoms with Crippen molar-refractivity contribution in [1.29, 1.82) is 0 Å². The number of carbonyl (C=O) groups excluding carboxylic acids is 1. The van der Waals surface area contributed by atoms with Gasteiger partial charge in [-0.1, -0.05) is 39.3 Å². The van der Waals surface area contributed by atoms with Crippen LogP contribution in [0.1, 0.15) is 43.9 Å². The van der Waals surface area contributed by atoms with Gasteiger partial charge in [0.15, 0.2) is 0 Å². The summed E-state index contributed by atoms with van der Waals surface area (Å²) in [5.41, 5.74) is 0.206. The summed E-state index contributed by atoms with van der Waals surface area (Å²) >= 11 is 0. The predicted molar refractivity (Wildman–Crippen MR) is 119 cm³/mol. The predicted octanol–water partition coefficient (Wildman–Crippen LogP) is 4.74. The van der Waals surface area contributed by atoms with E-state index in [1.54, 1.807) is 26.1 Å². The summed E-state index contributed by atoms with van der Waals surface area (Å²) in [6, 6.07) is 8.25. The topological polar surface area (TPSA) is 87.7 Å². The quantitative estimate of drug-likeness (QED) is 0.535. The van der Waals surface area contributed by atoms with Crippen molar-refractivity contribution in [2.24, 2.45) is 5.92 Å². The second kappa shape index (κ2) is 9.97. The Morgan fingerprint density at radius 1 is 1.09 bits per heavy atom. The Labute approximate surface area is 189 Å². The van der Waals surface area contributed by atoms with Gasteiger partial charge >= 0.3 is 6.18 Å². The molecule has 2 aromatic heterocycles. The minimum absolute atomic E-state index is 0.0481. The molecule has 3 aromatic rings. The Kier molecular flexibility index (Phi) is 7.30. The molecule has 0 aliphatic heterocycles. The Bertz CT molecular complexity index is 1190. The second-order valence-corrected chi connectivity index (χ2v) is 8.03. The van der Waals surface area contributed by atoms with Gasteiger partial charge in [0.25, 0.3) is 5.56 Å². The van der Waals surface area contributed by atoms with Crippen molar-refractivity contribution < 1.29 is 18.0 Å². The molecule has 3 rings (SSSR count). The average Bonchev–Trinajstić information content (AvgIpc) is 2.76. The number of benzene rings is 1. The Balaban J connectivity index is 2.05. The number of halogens is 3. The molecule has 0 bridgehead atoms. The first-order valence-electron chi connectivity index (χ1n) is 10.6. The lowest BCUT2D eigenvalue weighted by atomic mass is 10.0. The highest BCUT2D eigenvalue weighted by Crippen LogP contribution is 2.36. The first-order chi connectivity index (χ1) is 15.6. The molecular weight excluding hydrogens is 433 g/mol. The average molecular weight is 458 g/mol. The zero-order chi connectivity index (χ0) is 24.2. The third-order valence-corrected chi connectivity index (χ3v) is 5.00. The number of aromatic nitrogens is 3. The van der Waals surface area contributed by atoms with E-state index in [1.165, 1.54) is 18.2 Å². The molecule has 0 aliphatic carbocycles. The SMILES string of the molecule is CCCc1ccc(-c2cc(=O)[nH]c(-c3cc(CNC(=O)C(C)C)ccc3C(F)(F)F)n2)nc1. The minimum atomic E-state index is -4.66. The molecule has 0 atom stereocenters. The van der Waals surface area contributed by atoms with E-state index in [1.807, 2.05) is 13.0 Å². The molecule has 1 aromatic carbocycles. The number of nitrogens with one attached hydrogen (secondary N) is 2. The van der Waals surface area contributed by atoms with Crippen LogP contribution in [0.25, 0.3) is 22.8 Å². The molecule has 9 heteroatoms. The minimum Gasteiger partial charge on any atom is -0.352 e. The number of aryl methyl sites for hydroxylation is 1. The fraction of sp³-hybridized carbons (Fsp3) is 0.333. The normalized spacial score (nSPS) is 11.6. The molecule has 0 aliphatic rings. The summed E-state index contributed by atoms with van der Waals surface area (Å²) < 4.78 is 41.2. The number of H-pyrrole nitrogens is 1. The molecule has 0 saturated heterocycles. The van der Waals surface area contributed by atoms with Crippen LogP contribution in [0, 0.1) is 5.92 Å². The fourth-order valence-corrected chi connectivity index (χ4v) is 3.27. The summed E-state index contributed by atoms with van der Waals surface area (Å²) in [5, 5.41) is 2.68. The largest absolute Gasteiger partial charge is 0.417 e. The lowest BCUT2D eigenvalue weighted by molar-refractivity contribution is -0.137. The van der Waals surface area contributed by atoms with Crippen LogP contribution in [0.15, 0.2) is 47.4 Å². The first-order valence-corrected chi connectivity index (χ1v) is 10.6. The van der Waals surface area contributed by atoms with E-state index >= 15 is 0 Å². The number of rotatable bonds is 7. The number of pyridine rings is 1. The molecule has 33 heavy (non-hydrogen) atoms. The van der Waals surface area contributed by atoms with Crippen LogP contribution >= 0.6 is 0 Å². The first kappa shape index (κ1) is 24.2. The van der Waals surface area contributed by atoms with Gasteiger partial charge in [-0.15, -0.1) is 0 Å². The highest BCUT2D eigenvalue weighted by atomic mass is 19.4. The molecular formula is C24H25F3N4O2. The zero-order valence-electron chi connectivity index (χ0n) is 18.6. The lowest BCUT2D eigenvalue weighted by Gasteiger charge is -2.15. The standard InChI is InChI=1S/C24H25F3N4O2/c1-4-5-15-7-9-19(28-12-15)20-11-21(32)31-22(30-20)17-10-16(13-29-23(33)14(2)3)6-8-18(17)24(25,26)27/h6-12,14H,4-5,13H2,1-3H3,(H,29,33)(H,30,31,32). The number of amides is 1. The number of alkyl halides is 3. The molecule has 0 unspecified atom stereocenters. The molecule has 2 heterocycles. The van der Waals surface area contributed by atoms with E-state index in [4.69, 9.17) is 0 Å². The monoisotopic (exact) mass is 458 g/mol. The van der Waals surface area contributed by atoms with Gasteiger partial charge in [0.05, 0.1) is 17.0 Å². The van der Waals surface area contributed by atoms with Crippen molar-refractivity contribution in [1.82, 2.24) is 20.3 Å². The highest BCUT2D eigenvalue weighted by Gasteiger charge is 2.34. The van der Waals surface area contributed by atoms with Gasteiger partial charge < -0.3 is 10.3 Å². The molecule has 0 spiro atoms. The van der Waals surface area contributed by atoms with E-state index in [0.717, 1.165) is 24.5 Å². The fourth-order valence-electron chi connectivity index (χ4n) is 3.27. The van der Waals surface area contributed by atoms with Gasteiger partial charge in [-0.05, 0) is 35.7 Å². The van der Waals surface area contributed by atoms with Crippen LogP contribution in [-0.2, 0) is 23.9 Å². The molecule has 2 N–H and O–H groups in total. The van der Waals surface area contributed by atoms with Gasteiger partial charge in [-0.25, -0.2) is 4.98 Å². The van der Waals surface area contributed by atoms with Crippen molar-refractivity contribution in [3.63, 3.8) is 0 Å². The van der Waals surface area contributed by atoms with Gasteiger partial charge in [0, 0.05) is 30.3 Å². The smallest absolute Gasteiger partial charge is 0.352 e. The van der Waals surface area contributed by atoms with Crippen molar-refractivity contribution in [3.8, 4) is 22.8 Å². The van der Waals surface area contributed by atoms with Crippen molar-refractivity contribution in [2.75, 3.05) is 0 Å². The summed E-state index contributed by atoms with van der Waals surface area (Å²) in [6.45, 7) is 5.53. The van der Waals surface area contributed by atoms with Crippen LogP contribution in [0.3, 0.4) is 0 Å². The van der Waals surface area contributed by atoms with E-state index < -0.39 is 17.3 Å². The van der Waals surface area contributed by atoms with Crippen molar-refractivity contribution in [2.45, 2.75) is 46.3 Å². The van der Waals surface area contributed by atoms with Crippen LogP contribution in [0.4, 0.5) is 13.2 Å². The molecule has 1 amide bonds. The van der Waals surface area contributed by atoms with Gasteiger partial charge in [-0.2, -0.15) is 13.2 Å². The van der Waals surface area contributed by atoms with Crippen LogP contribution in [0.2, 0.25) is 0 Å². The summed E-state index contributed by atoms with van der Waals surface area (Å²) in [4.78, 5) is 35.2. The van der Waals surface area contributed by atoms with Crippen molar-refractivity contribution >= 4 is 5.91 Å². The van der Waals surface area contributed by atoms with Crippen LogP contribution in [-0.4, -0.2) is 20.9 Å². The number of aromatic amines is 1. The summed E-state index contributed by atoms with van der Waals surface area (Å²) in [7, 11) is 0. The van der Waals surface area contributed by atoms with Crippen LogP contribution in [0.5, 0.6) is 0 Å². The molecule has 0 fully saturated rings. The van der Waals surface area contributed by atoms with Gasteiger partial charge in [0.2, 0.25) is 5.91 Å². The van der Waals surface area contributed by atoms with Gasteiger partial charge in [0.1, 0.15) is 5.82 Å². The number of nitrogens with zero attached hydrogens (tertiary/aromatic N) is 2. The maximum atomic E-state index is 13.7. The van der Waals surface area contributed by atoms with E-state index in [2.05, 4.69) is 20.3 Å². The number of carbonyl (C=O) groups is 1. The third kappa shape index (κ3) is 6.06. The molecule has 0 saturated carbocycles. The third-order valence-electron chi connectivity index (χ3n) is 5.00. The Morgan fingerprint density at radius 3 is 2.42 bits per heavy atom. The van der Waals surface area contributed by atoms with E-state index in [-0.39, 0.29) is 35.5 Å². The van der Waals surface area contributed by atoms with Crippen LogP contribution < -0.4 is 10.9 Å². The zero-order valence-corrected chi connectivity index (χ0v) is 18.6. The van der Waals surface area contributed by atoms with E-state index in [9.17, 15) is 22.8 Å². The van der Waals surface area contributed by atoms with Gasteiger partial charge in [-0.3, -0.25) is 14.6 Å². The second-order valence-electron chi connectivity index (χ2n) is 8.03. The summed E-state index contributed by atoms with van der Waals surface area (Å²) in [6.07, 6.45) is -1.21. The van der Waals surface area contributed by atoms with Crippen molar-refractivity contribution in [3.05, 3.63) is 69.6 Å². The molecule has 174 valence electrons. The Hall–Kier alpha value is -3.49. The Morgan fingerprint density at radius 2 is 1.82 bits per heavy atom. The maximum absolute atomic E-state index is 13.7. The highest BCUT2D eigenvalue weighted by molar-refractivity contribution is 5.77. The van der Waals surface area contributed by atoms with E-state index in [0.29, 0.717) is 11.3 Å². The summed E-state index contributed by atoms with van der Waals surface area (Å²) in [5.74, 6) is -0.700. The molecule has 6 nitrogen and oxygen atoms in total. The lowest BCUT2D eigenvalue weighted by Crippen LogP contribution is -2.27. The molecule has 0 radical (unpaired) electrons. The number of hydrogen-bond donors (Lipinski definition) is 2.